The van der Waals surface area contributed by atoms with E-state index in [1.165, 1.54) is 0 Å². The van der Waals surface area contributed by atoms with Gasteiger partial charge in [0, 0.05) is 10.6 Å². The molecule has 0 aliphatic heterocycles. The fourth-order valence-corrected chi connectivity index (χ4v) is 1.82. The number of nitrogen functional groups attached to an aromatic ring is 1. The fourth-order valence-electron chi connectivity index (χ4n) is 1.22. The van der Waals surface area contributed by atoms with Crippen LogP contribution < -0.4 is 5.73 Å². The lowest BCUT2D eigenvalue weighted by atomic mass is 10.1. The topological polar surface area (TPSA) is 51.8 Å². The predicted molar refractivity (Wildman–Crippen MR) is 66.9 cm³/mol. The minimum atomic E-state index is 0.175. The Morgan fingerprint density at radius 2 is 1.75 bits per heavy atom. The lowest BCUT2D eigenvalue weighted by Gasteiger charge is -2.04. The summed E-state index contributed by atoms with van der Waals surface area (Å²) in [5.74, 6) is 0. The van der Waals surface area contributed by atoms with Crippen molar-refractivity contribution in [2.45, 2.75) is 0 Å². The van der Waals surface area contributed by atoms with Crippen LogP contribution in [0.3, 0.4) is 0 Å². The Morgan fingerprint density at radius 1 is 1.00 bits per heavy atom. The monoisotopic (exact) mass is 273 g/mol. The molecule has 0 saturated heterocycles. The molecule has 0 fully saturated rings. The van der Waals surface area contributed by atoms with Crippen molar-refractivity contribution in [3.63, 3.8) is 0 Å². The molecule has 0 bridgehead atoms. The molecule has 0 atom stereocenters. The fraction of sp³-hybridized carbons (Fsp3) is 0. The van der Waals surface area contributed by atoms with Crippen molar-refractivity contribution >= 4 is 40.5 Å². The van der Waals surface area contributed by atoms with E-state index in [-0.39, 0.29) is 5.15 Å². The molecule has 16 heavy (non-hydrogen) atoms. The summed E-state index contributed by atoms with van der Waals surface area (Å²) >= 11 is 17.5. The van der Waals surface area contributed by atoms with Gasteiger partial charge in [-0.2, -0.15) is 0 Å². The van der Waals surface area contributed by atoms with E-state index in [4.69, 9.17) is 40.5 Å². The van der Waals surface area contributed by atoms with Crippen molar-refractivity contribution in [3.05, 3.63) is 39.5 Å². The summed E-state index contributed by atoms with van der Waals surface area (Å²) in [4.78, 5) is 0. The second-order valence-corrected chi connectivity index (χ2v) is 4.30. The van der Waals surface area contributed by atoms with Gasteiger partial charge < -0.3 is 5.73 Å². The molecule has 0 amide bonds. The van der Waals surface area contributed by atoms with Crippen molar-refractivity contribution in [3.8, 4) is 11.3 Å². The molecule has 2 aromatic rings. The Balaban J connectivity index is 2.54. The van der Waals surface area contributed by atoms with Gasteiger partial charge in [0.05, 0.1) is 16.4 Å². The van der Waals surface area contributed by atoms with E-state index in [2.05, 4.69) is 10.2 Å². The number of halogens is 3. The summed E-state index contributed by atoms with van der Waals surface area (Å²) < 4.78 is 0. The van der Waals surface area contributed by atoms with Crippen LogP contribution in [0.2, 0.25) is 15.2 Å². The van der Waals surface area contributed by atoms with Crippen LogP contribution in [0.25, 0.3) is 11.3 Å². The van der Waals surface area contributed by atoms with Gasteiger partial charge in [0.2, 0.25) is 0 Å². The standard InChI is InChI=1S/C10H6Cl3N3/c11-5-1-2-6(7(12)3-5)9-4-8(14)10(13)16-15-9/h1-4H,(H2,14,15). The maximum absolute atomic E-state index is 6.03. The van der Waals surface area contributed by atoms with Crippen LogP contribution >= 0.6 is 34.8 Å². The van der Waals surface area contributed by atoms with Crippen LogP contribution in [-0.2, 0) is 0 Å². The number of rotatable bonds is 1. The van der Waals surface area contributed by atoms with Gasteiger partial charge in [-0.15, -0.1) is 10.2 Å². The molecule has 0 saturated carbocycles. The molecule has 1 heterocycles. The summed E-state index contributed by atoms with van der Waals surface area (Å²) in [6.07, 6.45) is 0. The van der Waals surface area contributed by atoms with E-state index in [1.807, 2.05) is 0 Å². The number of anilines is 1. The molecular weight excluding hydrogens is 268 g/mol. The van der Waals surface area contributed by atoms with Gasteiger partial charge in [-0.3, -0.25) is 0 Å². The Hall–Kier alpha value is -1.03. The highest BCUT2D eigenvalue weighted by Crippen LogP contribution is 2.30. The largest absolute Gasteiger partial charge is 0.396 e. The zero-order valence-corrected chi connectivity index (χ0v) is 10.2. The van der Waals surface area contributed by atoms with E-state index in [0.717, 1.165) is 0 Å². The summed E-state index contributed by atoms with van der Waals surface area (Å²) in [7, 11) is 0. The molecule has 0 spiro atoms. The zero-order valence-electron chi connectivity index (χ0n) is 7.92. The summed E-state index contributed by atoms with van der Waals surface area (Å²) in [5.41, 5.74) is 7.26. The molecule has 0 aliphatic carbocycles. The second kappa shape index (κ2) is 4.45. The van der Waals surface area contributed by atoms with Gasteiger partial charge in [-0.25, -0.2) is 0 Å². The van der Waals surface area contributed by atoms with E-state index >= 15 is 0 Å². The number of nitrogens with zero attached hydrogens (tertiary/aromatic N) is 2. The Morgan fingerprint density at radius 3 is 2.38 bits per heavy atom. The van der Waals surface area contributed by atoms with Crippen LogP contribution in [0.1, 0.15) is 0 Å². The first kappa shape index (κ1) is 11.5. The third-order valence-electron chi connectivity index (χ3n) is 1.98. The van der Waals surface area contributed by atoms with Crippen molar-refractivity contribution in [2.24, 2.45) is 0 Å². The maximum Gasteiger partial charge on any atom is 0.174 e. The van der Waals surface area contributed by atoms with E-state index in [9.17, 15) is 0 Å². The van der Waals surface area contributed by atoms with Crippen molar-refractivity contribution < 1.29 is 0 Å². The minimum absolute atomic E-state index is 0.175. The van der Waals surface area contributed by atoms with Gasteiger partial charge in [0.25, 0.3) is 0 Å². The Bertz CT molecular complexity index is 543. The van der Waals surface area contributed by atoms with E-state index < -0.39 is 0 Å². The van der Waals surface area contributed by atoms with Crippen LogP contribution in [0.5, 0.6) is 0 Å². The smallest absolute Gasteiger partial charge is 0.174 e. The predicted octanol–water partition coefficient (Wildman–Crippen LogP) is 3.69. The van der Waals surface area contributed by atoms with Crippen molar-refractivity contribution in [1.29, 1.82) is 0 Å². The Kier molecular flexibility index (Phi) is 3.19. The summed E-state index contributed by atoms with van der Waals surface area (Å²) in [5, 5.41) is 8.85. The van der Waals surface area contributed by atoms with Gasteiger partial charge in [-0.1, -0.05) is 34.8 Å². The van der Waals surface area contributed by atoms with E-state index in [0.29, 0.717) is 27.0 Å². The second-order valence-electron chi connectivity index (χ2n) is 3.10. The molecule has 0 radical (unpaired) electrons. The number of hydrogen-bond donors (Lipinski definition) is 1. The van der Waals surface area contributed by atoms with Gasteiger partial charge in [0.15, 0.2) is 5.15 Å². The molecule has 2 rings (SSSR count). The summed E-state index contributed by atoms with van der Waals surface area (Å²) in [6, 6.07) is 6.71. The molecule has 6 heteroatoms. The molecular formula is C10H6Cl3N3. The van der Waals surface area contributed by atoms with Gasteiger partial charge >= 0.3 is 0 Å². The highest BCUT2D eigenvalue weighted by molar-refractivity contribution is 6.36. The minimum Gasteiger partial charge on any atom is -0.396 e. The number of benzene rings is 1. The van der Waals surface area contributed by atoms with Crippen LogP contribution in [-0.4, -0.2) is 10.2 Å². The molecule has 0 unspecified atom stereocenters. The number of nitrogens with two attached hydrogens (primary N) is 1. The van der Waals surface area contributed by atoms with Crippen molar-refractivity contribution in [1.82, 2.24) is 10.2 Å². The zero-order chi connectivity index (χ0) is 11.7. The maximum atomic E-state index is 6.03. The molecule has 1 aromatic heterocycles. The SMILES string of the molecule is Nc1cc(-c2ccc(Cl)cc2Cl)nnc1Cl. The van der Waals surface area contributed by atoms with Crippen molar-refractivity contribution in [2.75, 3.05) is 5.73 Å². The number of hydrogen-bond acceptors (Lipinski definition) is 3. The molecule has 0 aliphatic rings. The van der Waals surface area contributed by atoms with Gasteiger partial charge in [-0.05, 0) is 24.3 Å². The lowest BCUT2D eigenvalue weighted by Crippen LogP contribution is -1.94. The first-order chi connectivity index (χ1) is 7.58. The third kappa shape index (κ3) is 2.21. The first-order valence-electron chi connectivity index (χ1n) is 4.32. The molecule has 2 N–H and O–H groups in total. The summed E-state index contributed by atoms with van der Waals surface area (Å²) in [6.45, 7) is 0. The van der Waals surface area contributed by atoms with Gasteiger partial charge in [0.1, 0.15) is 0 Å². The first-order valence-corrected chi connectivity index (χ1v) is 5.45. The number of aromatic nitrogens is 2. The molecule has 3 nitrogen and oxygen atoms in total. The molecule has 82 valence electrons. The van der Waals surface area contributed by atoms with Crippen LogP contribution in [0.15, 0.2) is 24.3 Å². The average molecular weight is 275 g/mol. The quantitative estimate of drug-likeness (QED) is 0.863. The normalized spacial score (nSPS) is 10.4. The lowest BCUT2D eigenvalue weighted by molar-refractivity contribution is 1.04. The highest BCUT2D eigenvalue weighted by atomic mass is 35.5. The molecule has 1 aromatic carbocycles. The highest BCUT2D eigenvalue weighted by Gasteiger charge is 2.08. The van der Waals surface area contributed by atoms with Crippen LogP contribution in [0.4, 0.5) is 5.69 Å². The third-order valence-corrected chi connectivity index (χ3v) is 2.82. The van der Waals surface area contributed by atoms with Crippen LogP contribution in [0, 0.1) is 0 Å². The average Bonchev–Trinajstić information content (AvgIpc) is 2.22. The van der Waals surface area contributed by atoms with E-state index in [1.54, 1.807) is 24.3 Å². The Labute approximate surface area is 107 Å².